The molecule has 7 aromatic rings. The third-order valence-electron chi connectivity index (χ3n) is 21.8. The van der Waals surface area contributed by atoms with E-state index < -0.39 is 90.9 Å². The summed E-state index contributed by atoms with van der Waals surface area (Å²) in [6.45, 7) is 31.5. The molecule has 660 valence electrons. The van der Waals surface area contributed by atoms with Gasteiger partial charge in [0.25, 0.3) is 31.3 Å². The zero-order valence-corrected chi connectivity index (χ0v) is 81.2. The average molecular weight is 1860 g/mol. The van der Waals surface area contributed by atoms with E-state index in [2.05, 4.69) is 166 Å². The van der Waals surface area contributed by atoms with Gasteiger partial charge in [-0.15, -0.1) is 3.97 Å². The van der Waals surface area contributed by atoms with Crippen LogP contribution in [0.3, 0.4) is 0 Å². The summed E-state index contributed by atoms with van der Waals surface area (Å²) in [6, 6.07) is 58.8. The Hall–Kier alpha value is -7.16. The van der Waals surface area contributed by atoms with Crippen LogP contribution >= 0.6 is 0 Å². The molecule has 1 aromatic heterocycles. The molecule has 10 rings (SSSR count). The fourth-order valence-electron chi connectivity index (χ4n) is 16.6. The van der Waals surface area contributed by atoms with Crippen LogP contribution in [0.1, 0.15) is 130 Å². The number of amides is 3. The monoisotopic (exact) mass is 1860 g/mol. The molecule has 3 fully saturated rings. The molecule has 24 nitrogen and oxygen atoms in total. The van der Waals surface area contributed by atoms with Crippen LogP contribution in [-0.4, -0.2) is 218 Å². The van der Waals surface area contributed by atoms with E-state index in [1.165, 1.54) is 88.0 Å². The maximum Gasteiger partial charge on any atom is 0.485 e. The summed E-state index contributed by atoms with van der Waals surface area (Å²) >= 11 is 0. The number of imidazole rings is 1. The molecule has 121 heavy (non-hydrogen) atoms. The number of ketones is 4. The van der Waals surface area contributed by atoms with Gasteiger partial charge in [0.2, 0.25) is 27.7 Å². The first-order valence-corrected chi connectivity index (χ1v) is 49.3. The summed E-state index contributed by atoms with van der Waals surface area (Å²) < 4.78 is 133. The van der Waals surface area contributed by atoms with Crippen molar-refractivity contribution in [3.05, 3.63) is 201 Å². The Morgan fingerprint density at radius 1 is 0.471 bits per heavy atom. The number of carbonyl (C=O) groups excluding carboxylic acids is 7. The predicted octanol–water partition coefficient (Wildman–Crippen LogP) is 8.15. The molecule has 3 aliphatic heterocycles. The molecular weight excluding hydrogens is 1740 g/mol. The van der Waals surface area contributed by atoms with Crippen LogP contribution in [0.5, 0.6) is 0 Å². The second kappa shape index (κ2) is 43.6. The number of hydrogen-bond acceptors (Lipinski definition) is 17. The van der Waals surface area contributed by atoms with Gasteiger partial charge in [0.05, 0.1) is 62.8 Å². The first-order valence-electron chi connectivity index (χ1n) is 39.1. The molecule has 0 N–H and O–H groups in total. The summed E-state index contributed by atoms with van der Waals surface area (Å²) in [5, 5.41) is 6.37. The van der Waals surface area contributed by atoms with E-state index in [9.17, 15) is 63.6 Å². The Bertz CT molecular complexity index is 4840. The van der Waals surface area contributed by atoms with Crippen molar-refractivity contribution in [3.63, 3.8) is 0 Å². The molecule has 0 saturated carbocycles. The SMILES string of the molecule is CC(=O)C1C(=O)C[C@@H](CO[Si](c2ccccc2)(c2ccccc2)C(C)(C)C)N1C(C)=O.CC(=O)[C@H]1[C@@H](C)C[C@@H](CO[Si](c2ccccc2)(c2ccccc2)C(C)(C)C)N1C(C)=O.CC(=O)[C@H]1[C@@H](CS(=O)(=O)N(C)C)C[C@@H](CO[Si](c2ccccc2)(c2ccccc2)C(C)(C)C)N1C(C)=O.CN(C)S(=O)(=O)n1cc[n+](C)c1.O=S(=O)([O-])C(F)(F)F.[V].[V]. The summed E-state index contributed by atoms with van der Waals surface area (Å²) in [4.78, 5) is 92.1. The van der Waals surface area contributed by atoms with Gasteiger partial charge < -0.3 is 32.5 Å². The predicted molar refractivity (Wildman–Crippen MR) is 461 cm³/mol. The van der Waals surface area contributed by atoms with Crippen LogP contribution in [0.2, 0.25) is 15.1 Å². The van der Waals surface area contributed by atoms with Crippen molar-refractivity contribution in [3.8, 4) is 0 Å². The minimum atomic E-state index is -6.09. The minimum Gasteiger partial charge on any atom is -0.741 e. The summed E-state index contributed by atoms with van der Waals surface area (Å²) in [7, 11) is -13.6. The van der Waals surface area contributed by atoms with Crippen molar-refractivity contribution < 1.29 is 131 Å². The van der Waals surface area contributed by atoms with Crippen molar-refractivity contribution in [2.24, 2.45) is 18.9 Å². The smallest absolute Gasteiger partial charge is 0.485 e. The van der Waals surface area contributed by atoms with Gasteiger partial charge in [-0.1, -0.05) is 251 Å². The van der Waals surface area contributed by atoms with Crippen LogP contribution in [0.25, 0.3) is 0 Å². The molecule has 8 atom stereocenters. The topological polar surface area (TPSA) is 298 Å². The first kappa shape index (κ1) is 106. The minimum absolute atomic E-state index is 0. The molecule has 0 bridgehead atoms. The number of nitrogens with zero attached hydrogens (tertiary/aromatic N) is 7. The Kier molecular flexibility index (Phi) is 38.3. The van der Waals surface area contributed by atoms with Crippen molar-refractivity contribution in [2.45, 2.75) is 187 Å². The molecule has 3 aliphatic rings. The number of likely N-dealkylation sites (tertiary alicyclic amines) is 3. The molecule has 0 aliphatic carbocycles. The van der Waals surface area contributed by atoms with E-state index in [1.54, 1.807) is 41.5 Å². The normalized spacial score (nSPS) is 19.1. The number of Topliss-reactive ketones (excluding diaryl/α,β-unsaturated/α-hetero) is 4. The quantitative estimate of drug-likeness (QED) is 0.0192. The number of benzene rings is 6. The van der Waals surface area contributed by atoms with Gasteiger partial charge in [0.1, 0.15) is 18.4 Å². The van der Waals surface area contributed by atoms with Crippen LogP contribution in [0.4, 0.5) is 13.2 Å². The van der Waals surface area contributed by atoms with E-state index in [0.717, 1.165) is 35.4 Å². The number of halogens is 3. The van der Waals surface area contributed by atoms with Crippen molar-refractivity contribution in [1.29, 1.82) is 0 Å². The van der Waals surface area contributed by atoms with Crippen molar-refractivity contribution >= 4 is 127 Å². The maximum atomic E-state index is 12.8. The van der Waals surface area contributed by atoms with Gasteiger partial charge in [-0.2, -0.15) is 25.9 Å². The van der Waals surface area contributed by atoms with Gasteiger partial charge >= 0.3 is 15.7 Å². The Balaban J connectivity index is 0.000000340. The van der Waals surface area contributed by atoms with Gasteiger partial charge in [-0.25, -0.2) is 25.7 Å². The van der Waals surface area contributed by atoms with Crippen LogP contribution < -0.4 is 35.7 Å². The zero-order chi connectivity index (χ0) is 89.6. The van der Waals surface area contributed by atoms with Gasteiger partial charge in [0.15, 0.2) is 33.3 Å². The number of aromatic nitrogens is 2. The van der Waals surface area contributed by atoms with Crippen LogP contribution in [0.15, 0.2) is 201 Å². The van der Waals surface area contributed by atoms with E-state index in [0.29, 0.717) is 13.0 Å². The second-order valence-corrected chi connectivity index (χ2v) is 52.4. The number of sulfonamides is 1. The van der Waals surface area contributed by atoms with E-state index in [-0.39, 0.29) is 136 Å². The van der Waals surface area contributed by atoms with Crippen molar-refractivity contribution in [1.82, 2.24) is 27.3 Å². The Morgan fingerprint density at radius 3 is 1.00 bits per heavy atom. The molecule has 3 saturated heterocycles. The second-order valence-electron chi connectivity index (χ2n) is 33.8. The van der Waals surface area contributed by atoms with Gasteiger partial charge in [-0.3, -0.25) is 33.6 Å². The molecular formula is C86H118F3N7O17S3Si3V2. The number of aryl methyl sites for hydroxylation is 1. The van der Waals surface area contributed by atoms with Crippen molar-refractivity contribution in [2.75, 3.05) is 53.8 Å². The fourth-order valence-corrected chi connectivity index (χ4v) is 32.4. The number of carbonyl (C=O) groups is 7. The molecule has 35 heteroatoms. The maximum absolute atomic E-state index is 12.8. The molecule has 2 radical (unpaired) electrons. The number of rotatable bonds is 23. The van der Waals surface area contributed by atoms with E-state index in [4.69, 9.17) is 26.2 Å². The van der Waals surface area contributed by atoms with E-state index in [1.807, 2.05) is 84.9 Å². The van der Waals surface area contributed by atoms with E-state index >= 15 is 0 Å². The molecule has 4 heterocycles. The molecule has 3 amide bonds. The fraction of sp³-hybridized carbons (Fsp3) is 0.465. The first-order chi connectivity index (χ1) is 55.1. The van der Waals surface area contributed by atoms with Crippen LogP contribution in [0, 0.1) is 11.8 Å². The zero-order valence-electron chi connectivity index (χ0n) is 72.9. The molecule has 6 aromatic carbocycles. The largest absolute Gasteiger partial charge is 0.741 e. The van der Waals surface area contributed by atoms with Crippen LogP contribution in [-0.2, 0) is 121 Å². The third kappa shape index (κ3) is 25.1. The standard InChI is InChI=1S/C28H40N2O5SSi.C26H35NO3Si.C25H31NO4Si.C6H12N3O2S.CHF3O3S.2V/c1-21(31)27-23(20-36(33,34)29(6)7)18-24(30(27)22(2)32)19-35-37(28(3,4)5,25-14-10-8-11-15-25)26-16-12-9-13-17-26;1-19-17-22(27(21(3)29)25(19)20(2)28)18-30-31(26(4,5)6,23-13-9-7-10-14-23)24-15-11-8-12-16-24;1-18(27)24-23(29)16-20(26(24)19(2)28)17-30-31(25(3,4)5,21-12-8-6-9-13-21)22-14-10-7-11-15-22;1-7(2)12(10,11)9-5-4-8(3)6-9;2-1(3,4)8(5,6)7;;/h8-17,23-24,27H,18-20H2,1-7H3;7-16,19,22,25H,17-18H2,1-6H3;6-15,20,24H,16-17H2,1-5H3;4-6H,1-3H3;(H,5,6,7);;/q;;;+1;;;/p-1/t23-,24+,27+;19-,22-,25+;20-,24?;;;;/m100..../s1. The molecule has 0 spiro atoms. The number of alkyl halides is 3. The third-order valence-corrected chi connectivity index (χ3v) is 41.0. The van der Waals surface area contributed by atoms with Gasteiger partial charge in [-0.05, 0) is 85.8 Å². The average Bonchev–Trinajstić information content (AvgIpc) is 1.76. The summed E-state index contributed by atoms with van der Waals surface area (Å²) in [5.41, 5.74) is -5.65. The number of hydrogen-bond donors (Lipinski definition) is 0. The summed E-state index contributed by atoms with van der Waals surface area (Å²) in [5.74, 6) is -1.80. The summed E-state index contributed by atoms with van der Waals surface area (Å²) in [6.07, 6.45) is 5.96. The molecule has 1 unspecified atom stereocenters. The Labute approximate surface area is 740 Å². The Morgan fingerprint density at radius 2 is 0.760 bits per heavy atom. The van der Waals surface area contributed by atoms with Gasteiger partial charge in [0, 0.05) is 98.4 Å².